The van der Waals surface area contributed by atoms with Crippen LogP contribution < -0.4 is 15.4 Å². The molecule has 0 aliphatic heterocycles. The van der Waals surface area contributed by atoms with Gasteiger partial charge in [0.1, 0.15) is 11.4 Å². The molecule has 2 aromatic carbocycles. The molecule has 8 heteroatoms. The minimum atomic E-state index is -0.504. The summed E-state index contributed by atoms with van der Waals surface area (Å²) >= 11 is 5.10. The molecule has 0 aromatic heterocycles. The molecule has 0 saturated heterocycles. The number of aryl methyl sites for hydroxylation is 1. The van der Waals surface area contributed by atoms with Crippen LogP contribution in [0.15, 0.2) is 42.5 Å². The second-order valence-electron chi connectivity index (χ2n) is 6.05. The summed E-state index contributed by atoms with van der Waals surface area (Å²) in [5.74, 6) is 0.259. The number of hydrogen-bond acceptors (Lipinski definition) is 5. The lowest BCUT2D eigenvalue weighted by molar-refractivity contribution is -0.383. The van der Waals surface area contributed by atoms with E-state index in [2.05, 4.69) is 10.6 Å². The zero-order chi connectivity index (χ0) is 20.0. The van der Waals surface area contributed by atoms with Gasteiger partial charge >= 0.3 is 0 Å². The van der Waals surface area contributed by atoms with Crippen molar-refractivity contribution < 1.29 is 14.5 Å². The third kappa shape index (κ3) is 5.75. The van der Waals surface area contributed by atoms with Gasteiger partial charge in [0.05, 0.1) is 11.0 Å². The summed E-state index contributed by atoms with van der Waals surface area (Å²) in [5, 5.41) is 16.3. The third-order valence-electron chi connectivity index (χ3n) is 3.85. The first-order valence-corrected chi connectivity index (χ1v) is 8.85. The number of benzene rings is 2. The van der Waals surface area contributed by atoms with Gasteiger partial charge in [0.25, 0.3) is 11.6 Å². The second-order valence-corrected chi connectivity index (χ2v) is 6.46. The summed E-state index contributed by atoms with van der Waals surface area (Å²) in [6.07, 6.45) is 0.972. The summed E-state index contributed by atoms with van der Waals surface area (Å²) < 4.78 is 5.67. The zero-order valence-electron chi connectivity index (χ0n) is 15.3. The summed E-state index contributed by atoms with van der Waals surface area (Å²) in [4.78, 5) is 22.9. The molecule has 0 fully saturated rings. The fraction of sp³-hybridized carbons (Fsp3) is 0.263. The van der Waals surface area contributed by atoms with Gasteiger partial charge in [-0.05, 0) is 68.4 Å². The molecule has 1 amide bonds. The molecule has 2 aromatic rings. The van der Waals surface area contributed by atoms with Crippen molar-refractivity contribution in [3.63, 3.8) is 0 Å². The highest BCUT2D eigenvalue weighted by Crippen LogP contribution is 2.25. The van der Waals surface area contributed by atoms with E-state index in [9.17, 15) is 14.9 Å². The Labute approximate surface area is 162 Å². The van der Waals surface area contributed by atoms with Gasteiger partial charge in [-0.25, -0.2) is 0 Å². The smallest absolute Gasteiger partial charge is 0.292 e. The van der Waals surface area contributed by atoms with Crippen LogP contribution in [-0.4, -0.2) is 22.0 Å². The average Bonchev–Trinajstić information content (AvgIpc) is 2.63. The van der Waals surface area contributed by atoms with Crippen LogP contribution >= 0.6 is 12.2 Å². The molecule has 2 rings (SSSR count). The number of amides is 1. The van der Waals surface area contributed by atoms with Crippen molar-refractivity contribution in [2.45, 2.75) is 33.3 Å². The van der Waals surface area contributed by atoms with Gasteiger partial charge < -0.3 is 10.1 Å². The Morgan fingerprint density at radius 2 is 1.93 bits per heavy atom. The van der Waals surface area contributed by atoms with Crippen molar-refractivity contribution in [2.24, 2.45) is 0 Å². The maximum Gasteiger partial charge on any atom is 0.292 e. The predicted molar refractivity (Wildman–Crippen MR) is 108 cm³/mol. The van der Waals surface area contributed by atoms with Crippen LogP contribution in [0.4, 0.5) is 11.4 Å². The molecule has 0 spiro atoms. The standard InChI is InChI=1S/C19H21N3O4S/c1-4-13(3)26-15-8-6-14(7-9-15)18(23)21-19(27)20-16-10-5-12(2)11-17(16)22(24)25/h5-11,13H,4H2,1-3H3,(H2,20,21,23,27). The first-order chi connectivity index (χ1) is 12.8. The van der Waals surface area contributed by atoms with Crippen molar-refractivity contribution in [3.05, 3.63) is 63.7 Å². The highest BCUT2D eigenvalue weighted by atomic mass is 32.1. The van der Waals surface area contributed by atoms with Gasteiger partial charge in [-0.3, -0.25) is 20.2 Å². The summed E-state index contributed by atoms with van der Waals surface area (Å²) in [5.41, 5.74) is 1.25. The number of thiocarbonyl (C=S) groups is 1. The molecular formula is C19H21N3O4S. The minimum Gasteiger partial charge on any atom is -0.491 e. The fourth-order valence-electron chi connectivity index (χ4n) is 2.23. The van der Waals surface area contributed by atoms with Crippen LogP contribution in [0.5, 0.6) is 5.75 Å². The lowest BCUT2D eigenvalue weighted by atomic mass is 10.2. The Hall–Kier alpha value is -3.00. The molecule has 0 aliphatic rings. The largest absolute Gasteiger partial charge is 0.491 e. The minimum absolute atomic E-state index is 0.0214. The highest BCUT2D eigenvalue weighted by Gasteiger charge is 2.16. The SMILES string of the molecule is CCC(C)Oc1ccc(C(=O)NC(=S)Nc2ccc(C)cc2[N+](=O)[O-])cc1. The van der Waals surface area contributed by atoms with Gasteiger partial charge in [-0.2, -0.15) is 0 Å². The third-order valence-corrected chi connectivity index (χ3v) is 4.06. The molecule has 2 N–H and O–H groups in total. The highest BCUT2D eigenvalue weighted by molar-refractivity contribution is 7.80. The van der Waals surface area contributed by atoms with Crippen molar-refractivity contribution in [1.82, 2.24) is 5.32 Å². The number of nitro benzene ring substituents is 1. The van der Waals surface area contributed by atoms with E-state index in [4.69, 9.17) is 17.0 Å². The quantitative estimate of drug-likeness (QED) is 0.438. The van der Waals surface area contributed by atoms with E-state index in [0.29, 0.717) is 11.3 Å². The van der Waals surface area contributed by atoms with Crippen molar-refractivity contribution in [1.29, 1.82) is 0 Å². The second kappa shape index (κ2) is 9.09. The molecular weight excluding hydrogens is 366 g/mol. The Kier molecular flexibility index (Phi) is 6.84. The molecule has 0 saturated carbocycles. The van der Waals surface area contributed by atoms with Crippen LogP contribution in [0.2, 0.25) is 0 Å². The number of ether oxygens (including phenoxy) is 1. The van der Waals surface area contributed by atoms with Crippen LogP contribution in [0.1, 0.15) is 36.2 Å². The van der Waals surface area contributed by atoms with Gasteiger partial charge in [0, 0.05) is 11.6 Å². The van der Waals surface area contributed by atoms with Crippen molar-refractivity contribution in [2.75, 3.05) is 5.32 Å². The number of anilines is 1. The van der Waals surface area contributed by atoms with E-state index in [0.717, 1.165) is 12.0 Å². The summed E-state index contributed by atoms with van der Waals surface area (Å²) in [7, 11) is 0. The van der Waals surface area contributed by atoms with E-state index in [1.54, 1.807) is 43.3 Å². The molecule has 1 unspecified atom stereocenters. The molecule has 7 nitrogen and oxygen atoms in total. The lowest BCUT2D eigenvalue weighted by Gasteiger charge is -2.13. The fourth-order valence-corrected chi connectivity index (χ4v) is 2.43. The summed E-state index contributed by atoms with van der Waals surface area (Å²) in [6.45, 7) is 5.75. The van der Waals surface area contributed by atoms with E-state index in [1.807, 2.05) is 13.8 Å². The number of hydrogen-bond donors (Lipinski definition) is 2. The van der Waals surface area contributed by atoms with E-state index >= 15 is 0 Å². The number of nitro groups is 1. The first kappa shape index (κ1) is 20.3. The number of carbonyl (C=O) groups is 1. The van der Waals surface area contributed by atoms with Crippen LogP contribution in [0, 0.1) is 17.0 Å². The molecule has 0 aliphatic carbocycles. The Bertz CT molecular complexity index is 853. The Morgan fingerprint density at radius 1 is 1.26 bits per heavy atom. The molecule has 1 atom stereocenters. The van der Waals surface area contributed by atoms with Gasteiger partial charge in [-0.15, -0.1) is 0 Å². The van der Waals surface area contributed by atoms with E-state index in [-0.39, 0.29) is 22.6 Å². The first-order valence-electron chi connectivity index (χ1n) is 8.44. The van der Waals surface area contributed by atoms with Crippen LogP contribution in [0.25, 0.3) is 0 Å². The number of nitrogens with one attached hydrogen (secondary N) is 2. The maximum atomic E-state index is 12.3. The number of nitrogens with zero attached hydrogens (tertiary/aromatic N) is 1. The number of rotatable bonds is 6. The normalized spacial score (nSPS) is 11.4. The van der Waals surface area contributed by atoms with Crippen LogP contribution in [-0.2, 0) is 0 Å². The Morgan fingerprint density at radius 3 is 2.52 bits per heavy atom. The molecule has 142 valence electrons. The van der Waals surface area contributed by atoms with Crippen molar-refractivity contribution in [3.8, 4) is 5.75 Å². The van der Waals surface area contributed by atoms with Crippen LogP contribution in [0.3, 0.4) is 0 Å². The van der Waals surface area contributed by atoms with E-state index in [1.165, 1.54) is 6.07 Å². The van der Waals surface area contributed by atoms with Crippen molar-refractivity contribution >= 4 is 34.6 Å². The average molecular weight is 387 g/mol. The van der Waals surface area contributed by atoms with Gasteiger partial charge in [0.15, 0.2) is 5.11 Å². The monoisotopic (exact) mass is 387 g/mol. The molecule has 27 heavy (non-hydrogen) atoms. The summed E-state index contributed by atoms with van der Waals surface area (Å²) in [6, 6.07) is 11.4. The molecule has 0 heterocycles. The predicted octanol–water partition coefficient (Wildman–Crippen LogP) is 4.21. The lowest BCUT2D eigenvalue weighted by Crippen LogP contribution is -2.34. The Balaban J connectivity index is 2.02. The van der Waals surface area contributed by atoms with Gasteiger partial charge in [-0.1, -0.05) is 13.0 Å². The van der Waals surface area contributed by atoms with Gasteiger partial charge in [0.2, 0.25) is 0 Å². The molecule has 0 bridgehead atoms. The topological polar surface area (TPSA) is 93.5 Å². The number of carbonyl (C=O) groups excluding carboxylic acids is 1. The maximum absolute atomic E-state index is 12.3. The molecule has 0 radical (unpaired) electrons. The van der Waals surface area contributed by atoms with E-state index < -0.39 is 10.8 Å². The zero-order valence-corrected chi connectivity index (χ0v) is 16.1.